The maximum Gasteiger partial charge on any atom is 0.491 e. The first kappa shape index (κ1) is 15.4. The fourth-order valence-corrected chi connectivity index (χ4v) is 1.74. The van der Waals surface area contributed by atoms with Gasteiger partial charge in [-0.05, 0) is 35.8 Å². The van der Waals surface area contributed by atoms with Gasteiger partial charge in [0, 0.05) is 7.11 Å². The molecule has 0 aliphatic carbocycles. The van der Waals surface area contributed by atoms with Gasteiger partial charge in [-0.3, -0.25) is 0 Å². The highest BCUT2D eigenvalue weighted by Crippen LogP contribution is 2.32. The SMILES string of the molecule is COB(O)c1cccc(Oc2cccc(C(F)(F)F)c2)c1. The Morgan fingerprint density at radius 3 is 2.24 bits per heavy atom. The minimum atomic E-state index is -4.42. The number of hydrogen-bond donors (Lipinski definition) is 1. The number of benzene rings is 2. The summed E-state index contributed by atoms with van der Waals surface area (Å²) >= 11 is 0. The average Bonchev–Trinajstić information content (AvgIpc) is 2.46. The zero-order valence-electron chi connectivity index (χ0n) is 11.1. The van der Waals surface area contributed by atoms with Gasteiger partial charge < -0.3 is 14.4 Å². The van der Waals surface area contributed by atoms with Gasteiger partial charge in [-0.15, -0.1) is 0 Å². The maximum atomic E-state index is 12.6. The standard InChI is InChI=1S/C14H12BF3O3/c1-20-15(19)11-5-3-7-13(9-11)21-12-6-2-4-10(8-12)14(16,17)18/h2-9,19H,1H3. The smallest absolute Gasteiger partial charge is 0.457 e. The van der Waals surface area contributed by atoms with E-state index in [1.165, 1.54) is 25.3 Å². The molecule has 0 saturated heterocycles. The summed E-state index contributed by atoms with van der Waals surface area (Å²) in [5.74, 6) is 0.372. The first-order valence-corrected chi connectivity index (χ1v) is 6.06. The van der Waals surface area contributed by atoms with E-state index >= 15 is 0 Å². The highest BCUT2D eigenvalue weighted by Gasteiger charge is 2.30. The van der Waals surface area contributed by atoms with Gasteiger partial charge in [0.05, 0.1) is 5.56 Å². The second kappa shape index (κ2) is 6.20. The molecule has 0 aliphatic rings. The van der Waals surface area contributed by atoms with E-state index in [1.807, 2.05) is 0 Å². The summed E-state index contributed by atoms with van der Waals surface area (Å²) in [6.07, 6.45) is -4.42. The van der Waals surface area contributed by atoms with Crippen molar-refractivity contribution in [2.45, 2.75) is 6.18 Å². The van der Waals surface area contributed by atoms with Crippen molar-refractivity contribution in [1.82, 2.24) is 0 Å². The molecule has 2 rings (SSSR count). The van der Waals surface area contributed by atoms with Crippen molar-refractivity contribution in [3.63, 3.8) is 0 Å². The van der Waals surface area contributed by atoms with Crippen LogP contribution in [0.15, 0.2) is 48.5 Å². The lowest BCUT2D eigenvalue weighted by Gasteiger charge is -2.11. The van der Waals surface area contributed by atoms with Crippen molar-refractivity contribution < 1.29 is 27.6 Å². The Labute approximate surface area is 120 Å². The molecular weight excluding hydrogens is 284 g/mol. The number of rotatable bonds is 4. The first-order chi connectivity index (χ1) is 9.90. The molecule has 0 spiro atoms. The molecule has 0 aromatic heterocycles. The monoisotopic (exact) mass is 296 g/mol. The van der Waals surface area contributed by atoms with Crippen LogP contribution >= 0.6 is 0 Å². The molecule has 2 aromatic carbocycles. The van der Waals surface area contributed by atoms with E-state index in [1.54, 1.807) is 18.2 Å². The van der Waals surface area contributed by atoms with Crippen LogP contribution in [0, 0.1) is 0 Å². The van der Waals surface area contributed by atoms with Gasteiger partial charge in [0.15, 0.2) is 0 Å². The van der Waals surface area contributed by atoms with Gasteiger partial charge >= 0.3 is 13.3 Å². The molecule has 110 valence electrons. The molecule has 1 N–H and O–H groups in total. The van der Waals surface area contributed by atoms with Crippen LogP contribution in [0.3, 0.4) is 0 Å². The Hall–Kier alpha value is -1.99. The zero-order chi connectivity index (χ0) is 15.5. The van der Waals surface area contributed by atoms with E-state index in [2.05, 4.69) is 0 Å². The number of hydrogen-bond acceptors (Lipinski definition) is 3. The normalized spacial score (nSPS) is 11.3. The van der Waals surface area contributed by atoms with Crippen LogP contribution in [0.5, 0.6) is 11.5 Å². The van der Waals surface area contributed by atoms with Gasteiger partial charge in [0.2, 0.25) is 0 Å². The third kappa shape index (κ3) is 3.99. The van der Waals surface area contributed by atoms with Crippen molar-refractivity contribution in [2.75, 3.05) is 7.11 Å². The van der Waals surface area contributed by atoms with Gasteiger partial charge in [-0.2, -0.15) is 13.2 Å². The molecule has 0 unspecified atom stereocenters. The Bertz CT molecular complexity index is 616. The van der Waals surface area contributed by atoms with Crippen LogP contribution in [0.4, 0.5) is 13.2 Å². The van der Waals surface area contributed by atoms with Gasteiger partial charge in [-0.25, -0.2) is 0 Å². The molecule has 0 amide bonds. The summed E-state index contributed by atoms with van der Waals surface area (Å²) in [5, 5.41) is 9.54. The minimum Gasteiger partial charge on any atom is -0.457 e. The summed E-state index contributed by atoms with van der Waals surface area (Å²) in [6.45, 7) is 0. The summed E-state index contributed by atoms with van der Waals surface area (Å²) in [6, 6.07) is 10.9. The fraction of sp³-hybridized carbons (Fsp3) is 0.143. The maximum absolute atomic E-state index is 12.6. The van der Waals surface area contributed by atoms with Crippen molar-refractivity contribution in [2.24, 2.45) is 0 Å². The topological polar surface area (TPSA) is 38.7 Å². The Kier molecular flexibility index (Phi) is 4.54. The Morgan fingerprint density at radius 2 is 1.62 bits per heavy atom. The van der Waals surface area contributed by atoms with Crippen LogP contribution in [-0.2, 0) is 10.8 Å². The summed E-state index contributed by atoms with van der Waals surface area (Å²) in [7, 11) is 0.223. The number of alkyl halides is 3. The summed E-state index contributed by atoms with van der Waals surface area (Å²) in [5.41, 5.74) is -0.338. The highest BCUT2D eigenvalue weighted by molar-refractivity contribution is 6.59. The van der Waals surface area contributed by atoms with Gasteiger partial charge in [0.1, 0.15) is 11.5 Å². The third-order valence-electron chi connectivity index (χ3n) is 2.76. The molecule has 0 radical (unpaired) electrons. The lowest BCUT2D eigenvalue weighted by Crippen LogP contribution is -2.32. The van der Waals surface area contributed by atoms with Crippen molar-refractivity contribution in [1.29, 1.82) is 0 Å². The van der Waals surface area contributed by atoms with Crippen LogP contribution in [0.25, 0.3) is 0 Å². The molecule has 0 saturated carbocycles. The molecule has 0 aliphatic heterocycles. The third-order valence-corrected chi connectivity index (χ3v) is 2.76. The predicted molar refractivity (Wildman–Crippen MR) is 72.6 cm³/mol. The van der Waals surface area contributed by atoms with Crippen molar-refractivity contribution >= 4 is 12.6 Å². The molecule has 2 aromatic rings. The molecule has 3 nitrogen and oxygen atoms in total. The quantitative estimate of drug-likeness (QED) is 0.882. The van der Waals surface area contributed by atoms with E-state index < -0.39 is 18.9 Å². The zero-order valence-corrected chi connectivity index (χ0v) is 11.1. The van der Waals surface area contributed by atoms with E-state index in [4.69, 9.17) is 9.39 Å². The van der Waals surface area contributed by atoms with Crippen LogP contribution in [0.1, 0.15) is 5.56 Å². The van der Waals surface area contributed by atoms with Crippen molar-refractivity contribution in [3.05, 3.63) is 54.1 Å². The second-order valence-electron chi connectivity index (χ2n) is 4.29. The van der Waals surface area contributed by atoms with Crippen LogP contribution in [0.2, 0.25) is 0 Å². The lowest BCUT2D eigenvalue weighted by molar-refractivity contribution is -0.137. The average molecular weight is 296 g/mol. The number of ether oxygens (including phenoxy) is 1. The van der Waals surface area contributed by atoms with E-state index in [-0.39, 0.29) is 5.75 Å². The van der Waals surface area contributed by atoms with Crippen LogP contribution < -0.4 is 10.2 Å². The minimum absolute atomic E-state index is 0.0638. The van der Waals surface area contributed by atoms with E-state index in [0.717, 1.165) is 12.1 Å². The van der Waals surface area contributed by atoms with Gasteiger partial charge in [-0.1, -0.05) is 18.2 Å². The molecule has 7 heteroatoms. The van der Waals surface area contributed by atoms with Gasteiger partial charge in [0.25, 0.3) is 0 Å². The molecule has 0 bridgehead atoms. The highest BCUT2D eigenvalue weighted by atomic mass is 19.4. The fourth-order valence-electron chi connectivity index (χ4n) is 1.74. The molecule has 0 atom stereocenters. The Balaban J connectivity index is 2.22. The molecular formula is C14H12BF3O3. The number of halogens is 3. The Morgan fingerprint density at radius 1 is 1.00 bits per heavy atom. The predicted octanol–water partition coefficient (Wildman–Crippen LogP) is 2.83. The molecule has 21 heavy (non-hydrogen) atoms. The molecule has 0 fully saturated rings. The van der Waals surface area contributed by atoms with Crippen molar-refractivity contribution in [3.8, 4) is 11.5 Å². The van der Waals surface area contributed by atoms with E-state index in [0.29, 0.717) is 11.2 Å². The largest absolute Gasteiger partial charge is 0.491 e. The second-order valence-corrected chi connectivity index (χ2v) is 4.29. The summed E-state index contributed by atoms with van der Waals surface area (Å²) in [4.78, 5) is 0. The lowest BCUT2D eigenvalue weighted by atomic mass is 9.80. The first-order valence-electron chi connectivity index (χ1n) is 6.06. The van der Waals surface area contributed by atoms with Crippen LogP contribution in [-0.4, -0.2) is 19.3 Å². The van der Waals surface area contributed by atoms with E-state index in [9.17, 15) is 18.2 Å². The summed E-state index contributed by atoms with van der Waals surface area (Å²) < 4.78 is 48.0. The molecule has 0 heterocycles.